The van der Waals surface area contributed by atoms with Crippen molar-refractivity contribution >= 4 is 123 Å². The van der Waals surface area contributed by atoms with E-state index >= 15 is 0 Å². The Bertz CT molecular complexity index is 3840. The number of para-hydroxylation sites is 1. The predicted molar refractivity (Wildman–Crippen MR) is 262 cm³/mol. The molecule has 2 nitrogen and oxygen atoms in total. The van der Waals surface area contributed by atoms with Crippen LogP contribution in [0.15, 0.2) is 206 Å². The van der Waals surface area contributed by atoms with Crippen molar-refractivity contribution in [3.63, 3.8) is 0 Å². The van der Waals surface area contributed by atoms with Crippen molar-refractivity contribution in [2.24, 2.45) is 0 Å². The van der Waals surface area contributed by atoms with E-state index in [1.807, 2.05) is 22.7 Å². The average molecular weight is 799 g/mol. The molecular formula is C56H34N2S2. The van der Waals surface area contributed by atoms with E-state index in [1.165, 1.54) is 106 Å². The van der Waals surface area contributed by atoms with Crippen molar-refractivity contribution in [1.29, 1.82) is 0 Å². The molecule has 13 rings (SSSR count). The fraction of sp³-hybridized carbons (Fsp3) is 0. The standard InChI is InChI=1S/C56H34N2S2/c1-2-15-38-32-51-46(31-37(38)14-1)42-18-5-8-21-49(42)58(51)40-33-45(56-47(34-40)43-19-6-9-24-52(43)60-56)36-27-29-39(30-28-36)57(48-22-11-16-35-13-3-4-17-41(35)48)50-23-12-26-54-55(50)44-20-7-10-25-53(44)59-54/h1-34H. The molecule has 10 aromatic carbocycles. The van der Waals surface area contributed by atoms with E-state index in [4.69, 9.17) is 0 Å². The first-order valence-electron chi connectivity index (χ1n) is 20.4. The highest BCUT2D eigenvalue weighted by Gasteiger charge is 2.22. The van der Waals surface area contributed by atoms with Crippen molar-refractivity contribution in [2.45, 2.75) is 0 Å². The molecule has 0 atom stereocenters. The first kappa shape index (κ1) is 33.7. The molecule has 0 fully saturated rings. The third-order valence-electron chi connectivity index (χ3n) is 12.3. The van der Waals surface area contributed by atoms with Gasteiger partial charge >= 0.3 is 0 Å². The largest absolute Gasteiger partial charge is 0.309 e. The second-order valence-electron chi connectivity index (χ2n) is 15.7. The normalized spacial score (nSPS) is 12.0. The van der Waals surface area contributed by atoms with Gasteiger partial charge in [0, 0.05) is 73.4 Å². The van der Waals surface area contributed by atoms with Crippen LogP contribution >= 0.6 is 22.7 Å². The second kappa shape index (κ2) is 13.1. The van der Waals surface area contributed by atoms with Crippen molar-refractivity contribution in [3.8, 4) is 16.8 Å². The lowest BCUT2D eigenvalue weighted by molar-refractivity contribution is 1.19. The van der Waals surface area contributed by atoms with Crippen molar-refractivity contribution in [3.05, 3.63) is 206 Å². The van der Waals surface area contributed by atoms with Crippen LogP contribution in [0.1, 0.15) is 0 Å². The summed E-state index contributed by atoms with van der Waals surface area (Å²) < 4.78 is 7.68. The summed E-state index contributed by atoms with van der Waals surface area (Å²) in [5.74, 6) is 0. The SMILES string of the molecule is c1ccc2cc3c(cc2c1)c1ccccc1n3-c1cc(-c2ccc(N(c3cccc4ccccc34)c3cccc4sc5ccccc5c34)cc2)c2sc3ccccc3c2c1. The molecule has 0 radical (unpaired) electrons. The highest BCUT2D eigenvalue weighted by atomic mass is 32.1. The molecule has 0 aliphatic carbocycles. The molecule has 0 aliphatic heterocycles. The van der Waals surface area contributed by atoms with Gasteiger partial charge in [0.25, 0.3) is 0 Å². The first-order valence-corrected chi connectivity index (χ1v) is 22.0. The molecule has 280 valence electrons. The highest BCUT2D eigenvalue weighted by Crippen LogP contribution is 2.48. The molecule has 3 aromatic heterocycles. The van der Waals surface area contributed by atoms with Crippen LogP contribution in [0.5, 0.6) is 0 Å². The number of benzene rings is 10. The van der Waals surface area contributed by atoms with E-state index in [0.29, 0.717) is 0 Å². The summed E-state index contributed by atoms with van der Waals surface area (Å²) in [6, 6.07) is 76.3. The fourth-order valence-electron chi connectivity index (χ4n) is 9.63. The molecule has 0 aliphatic rings. The smallest absolute Gasteiger partial charge is 0.0555 e. The van der Waals surface area contributed by atoms with Crippen LogP contribution in [0.3, 0.4) is 0 Å². The number of anilines is 3. The van der Waals surface area contributed by atoms with Gasteiger partial charge in [-0.2, -0.15) is 0 Å². The van der Waals surface area contributed by atoms with Crippen LogP contribution in [0.25, 0.3) is 101 Å². The maximum absolute atomic E-state index is 2.48. The van der Waals surface area contributed by atoms with Gasteiger partial charge < -0.3 is 9.47 Å². The van der Waals surface area contributed by atoms with Gasteiger partial charge in [-0.25, -0.2) is 0 Å². The van der Waals surface area contributed by atoms with E-state index in [2.05, 4.69) is 216 Å². The zero-order valence-corrected chi connectivity index (χ0v) is 34.0. The molecule has 13 aromatic rings. The lowest BCUT2D eigenvalue weighted by Crippen LogP contribution is -2.10. The number of aromatic nitrogens is 1. The molecule has 0 unspecified atom stereocenters. The summed E-state index contributed by atoms with van der Waals surface area (Å²) in [6.45, 7) is 0. The van der Waals surface area contributed by atoms with Crippen molar-refractivity contribution in [2.75, 3.05) is 4.90 Å². The van der Waals surface area contributed by atoms with Crippen molar-refractivity contribution in [1.82, 2.24) is 4.57 Å². The van der Waals surface area contributed by atoms with E-state index in [9.17, 15) is 0 Å². The molecule has 0 bridgehead atoms. The summed E-state index contributed by atoms with van der Waals surface area (Å²) >= 11 is 3.75. The minimum Gasteiger partial charge on any atom is -0.309 e. The Morgan fingerprint density at radius 1 is 0.367 bits per heavy atom. The quantitative estimate of drug-likeness (QED) is 0.168. The van der Waals surface area contributed by atoms with Gasteiger partial charge in [0.2, 0.25) is 0 Å². The van der Waals surface area contributed by atoms with Crippen LogP contribution in [0, 0.1) is 0 Å². The molecule has 4 heteroatoms. The summed E-state index contributed by atoms with van der Waals surface area (Å²) in [4.78, 5) is 2.47. The number of thiophene rings is 2. The Hall–Kier alpha value is -7.24. The van der Waals surface area contributed by atoms with Gasteiger partial charge in [-0.3, -0.25) is 0 Å². The Morgan fingerprint density at radius 2 is 0.983 bits per heavy atom. The number of hydrogen-bond acceptors (Lipinski definition) is 3. The van der Waals surface area contributed by atoms with Crippen LogP contribution < -0.4 is 4.90 Å². The third-order valence-corrected chi connectivity index (χ3v) is 14.7. The summed E-state index contributed by atoms with van der Waals surface area (Å²) in [6.07, 6.45) is 0. The lowest BCUT2D eigenvalue weighted by atomic mass is 10.00. The second-order valence-corrected chi connectivity index (χ2v) is 17.8. The van der Waals surface area contributed by atoms with Crippen LogP contribution in [0.4, 0.5) is 17.1 Å². The molecule has 0 N–H and O–H groups in total. The van der Waals surface area contributed by atoms with Gasteiger partial charge in [-0.05, 0) is 94.5 Å². The maximum atomic E-state index is 2.48. The number of fused-ring (bicyclic) bond motifs is 11. The number of hydrogen-bond donors (Lipinski definition) is 0. The van der Waals surface area contributed by atoms with E-state index < -0.39 is 0 Å². The van der Waals surface area contributed by atoms with Gasteiger partial charge in [0.05, 0.1) is 22.4 Å². The Morgan fingerprint density at radius 3 is 1.82 bits per heavy atom. The summed E-state index contributed by atoms with van der Waals surface area (Å²) in [7, 11) is 0. The van der Waals surface area contributed by atoms with Gasteiger partial charge in [-0.1, -0.05) is 133 Å². The zero-order valence-electron chi connectivity index (χ0n) is 32.3. The molecule has 3 heterocycles. The van der Waals surface area contributed by atoms with Gasteiger partial charge in [0.15, 0.2) is 0 Å². The molecule has 0 saturated carbocycles. The monoisotopic (exact) mass is 798 g/mol. The summed E-state index contributed by atoms with van der Waals surface area (Å²) in [5, 5.41) is 12.6. The van der Waals surface area contributed by atoms with E-state index in [-0.39, 0.29) is 0 Å². The number of nitrogens with zero attached hydrogens (tertiary/aromatic N) is 2. The first-order chi connectivity index (χ1) is 29.7. The minimum absolute atomic E-state index is 1.12. The molecular weight excluding hydrogens is 765 g/mol. The molecule has 60 heavy (non-hydrogen) atoms. The Labute approximate surface area is 354 Å². The topological polar surface area (TPSA) is 8.17 Å². The maximum Gasteiger partial charge on any atom is 0.0555 e. The summed E-state index contributed by atoms with van der Waals surface area (Å²) in [5.41, 5.74) is 9.50. The molecule has 0 spiro atoms. The zero-order chi connectivity index (χ0) is 39.3. The molecule has 0 saturated heterocycles. The van der Waals surface area contributed by atoms with Crippen molar-refractivity contribution < 1.29 is 0 Å². The fourth-order valence-corrected chi connectivity index (χ4v) is 12.0. The molecule has 0 amide bonds. The van der Waals surface area contributed by atoms with Crippen LogP contribution in [-0.4, -0.2) is 4.57 Å². The minimum atomic E-state index is 1.12. The highest BCUT2D eigenvalue weighted by molar-refractivity contribution is 7.26. The Kier molecular flexibility index (Phi) is 7.38. The van der Waals surface area contributed by atoms with Crippen LogP contribution in [0.2, 0.25) is 0 Å². The number of rotatable bonds is 5. The Balaban J connectivity index is 1.05. The lowest BCUT2D eigenvalue weighted by Gasteiger charge is -2.28. The van der Waals surface area contributed by atoms with Gasteiger partial charge in [-0.15, -0.1) is 22.7 Å². The predicted octanol–water partition coefficient (Wildman–Crippen LogP) is 17.0. The van der Waals surface area contributed by atoms with E-state index in [1.54, 1.807) is 0 Å². The van der Waals surface area contributed by atoms with Crippen LogP contribution in [-0.2, 0) is 0 Å². The third kappa shape index (κ3) is 5.05. The van der Waals surface area contributed by atoms with E-state index in [0.717, 1.165) is 11.4 Å². The van der Waals surface area contributed by atoms with Gasteiger partial charge in [0.1, 0.15) is 0 Å². The average Bonchev–Trinajstić information content (AvgIpc) is 3.98.